The second-order valence-electron chi connectivity index (χ2n) is 6.21. The van der Waals surface area contributed by atoms with Gasteiger partial charge in [-0.2, -0.15) is 0 Å². The third-order valence-corrected chi connectivity index (χ3v) is 4.02. The first-order valence-electron chi connectivity index (χ1n) is 5.70. The molecule has 0 atom stereocenters. The van der Waals surface area contributed by atoms with Gasteiger partial charge in [-0.25, -0.2) is 0 Å². The van der Waals surface area contributed by atoms with Gasteiger partial charge in [0.1, 0.15) is 0 Å². The summed E-state index contributed by atoms with van der Waals surface area (Å²) in [5, 5.41) is 0. The topological polar surface area (TPSA) is 3.24 Å². The van der Waals surface area contributed by atoms with Crippen LogP contribution in [0.3, 0.4) is 0 Å². The maximum Gasteiger partial charge on any atom is 0.0125 e. The Morgan fingerprint density at radius 3 is 2.15 bits per heavy atom. The van der Waals surface area contributed by atoms with Gasteiger partial charge in [0.25, 0.3) is 0 Å². The number of hydrogen-bond donors (Lipinski definition) is 0. The minimum atomic E-state index is 0.405. The zero-order chi connectivity index (χ0) is 9.69. The van der Waals surface area contributed by atoms with Crippen LogP contribution in [0.5, 0.6) is 0 Å². The summed E-state index contributed by atoms with van der Waals surface area (Å²) in [6, 6.07) is 0. The minimum absolute atomic E-state index is 0.405. The Bertz CT molecular complexity index is 188. The fourth-order valence-electron chi connectivity index (χ4n) is 2.95. The van der Waals surface area contributed by atoms with Crippen molar-refractivity contribution in [2.75, 3.05) is 13.1 Å². The van der Waals surface area contributed by atoms with Crippen LogP contribution in [0.2, 0.25) is 0 Å². The summed E-state index contributed by atoms with van der Waals surface area (Å²) in [7, 11) is 0. The highest BCUT2D eigenvalue weighted by Gasteiger charge is 2.53. The summed E-state index contributed by atoms with van der Waals surface area (Å²) in [6.45, 7) is 12.1. The fourth-order valence-corrected chi connectivity index (χ4v) is 2.95. The molecule has 0 N–H and O–H groups in total. The highest BCUT2D eigenvalue weighted by Crippen LogP contribution is 2.54. The normalized spacial score (nSPS) is 28.6. The van der Waals surface area contributed by atoms with Gasteiger partial charge in [-0.15, -0.1) is 0 Å². The second kappa shape index (κ2) is 2.73. The molecule has 1 spiro atoms. The van der Waals surface area contributed by atoms with Crippen molar-refractivity contribution < 1.29 is 0 Å². The molecule has 0 aromatic rings. The molecule has 0 bridgehead atoms. The molecule has 2 fully saturated rings. The molecule has 1 aliphatic carbocycles. The van der Waals surface area contributed by atoms with Crippen molar-refractivity contribution in [3.05, 3.63) is 0 Å². The van der Waals surface area contributed by atoms with Gasteiger partial charge in [0, 0.05) is 18.6 Å². The highest BCUT2D eigenvalue weighted by molar-refractivity contribution is 5.06. The van der Waals surface area contributed by atoms with Crippen molar-refractivity contribution in [3.63, 3.8) is 0 Å². The molecule has 0 amide bonds. The maximum atomic E-state index is 2.62. The van der Waals surface area contributed by atoms with Gasteiger partial charge >= 0.3 is 0 Å². The molecule has 76 valence electrons. The monoisotopic (exact) mass is 181 g/mol. The molecule has 0 unspecified atom stereocenters. The fraction of sp³-hybridized carbons (Fsp3) is 1.00. The lowest BCUT2D eigenvalue weighted by molar-refractivity contribution is -0.130. The lowest BCUT2D eigenvalue weighted by atomic mass is 9.56. The summed E-state index contributed by atoms with van der Waals surface area (Å²) >= 11 is 0. The molecule has 2 aliphatic rings. The van der Waals surface area contributed by atoms with Crippen LogP contribution in [-0.2, 0) is 0 Å². The van der Waals surface area contributed by atoms with Crippen molar-refractivity contribution in [2.24, 2.45) is 11.3 Å². The molecule has 1 heterocycles. The predicted molar refractivity (Wildman–Crippen MR) is 56.8 cm³/mol. The van der Waals surface area contributed by atoms with E-state index in [2.05, 4.69) is 32.6 Å². The van der Waals surface area contributed by atoms with Gasteiger partial charge in [-0.3, -0.25) is 4.90 Å². The molecule has 13 heavy (non-hydrogen) atoms. The van der Waals surface area contributed by atoms with Crippen molar-refractivity contribution in [3.8, 4) is 0 Å². The SMILES string of the molecule is CCC1CC2(C1)CN(C(C)(C)C)C2. The Morgan fingerprint density at radius 2 is 1.77 bits per heavy atom. The van der Waals surface area contributed by atoms with Crippen LogP contribution in [-0.4, -0.2) is 23.5 Å². The molecule has 1 saturated heterocycles. The van der Waals surface area contributed by atoms with Crippen molar-refractivity contribution in [2.45, 2.75) is 52.5 Å². The van der Waals surface area contributed by atoms with Crippen LogP contribution in [0.25, 0.3) is 0 Å². The summed E-state index contributed by atoms with van der Waals surface area (Å²) in [5.74, 6) is 1.06. The molecule has 2 rings (SSSR count). The van der Waals surface area contributed by atoms with Crippen LogP contribution in [0.1, 0.15) is 47.0 Å². The Balaban J connectivity index is 1.80. The van der Waals surface area contributed by atoms with Gasteiger partial charge < -0.3 is 0 Å². The smallest absolute Gasteiger partial charge is 0.0125 e. The Hall–Kier alpha value is -0.0400. The number of hydrogen-bond acceptors (Lipinski definition) is 1. The average Bonchev–Trinajstić information content (AvgIpc) is 1.78. The third kappa shape index (κ3) is 1.52. The standard InChI is InChI=1S/C12H23N/c1-5-10-6-12(7-10)8-13(9-12)11(2,3)4/h10H,5-9H2,1-4H3. The predicted octanol–water partition coefficient (Wildman–Crippen LogP) is 2.91. The summed E-state index contributed by atoms with van der Waals surface area (Å²) in [4.78, 5) is 2.62. The Kier molecular flexibility index (Phi) is 1.99. The first-order valence-corrected chi connectivity index (χ1v) is 5.70. The molecule has 0 radical (unpaired) electrons. The second-order valence-corrected chi connectivity index (χ2v) is 6.21. The van der Waals surface area contributed by atoms with Crippen molar-refractivity contribution in [1.82, 2.24) is 4.90 Å². The lowest BCUT2D eigenvalue weighted by Crippen LogP contribution is -2.66. The van der Waals surface area contributed by atoms with Gasteiger partial charge in [0.05, 0.1) is 0 Å². The Labute approximate surface area is 82.5 Å². The van der Waals surface area contributed by atoms with E-state index in [4.69, 9.17) is 0 Å². The van der Waals surface area contributed by atoms with Crippen LogP contribution in [0, 0.1) is 11.3 Å². The van der Waals surface area contributed by atoms with E-state index in [9.17, 15) is 0 Å². The van der Waals surface area contributed by atoms with Crippen molar-refractivity contribution >= 4 is 0 Å². The van der Waals surface area contributed by atoms with Crippen LogP contribution in [0.4, 0.5) is 0 Å². The summed E-state index contributed by atoms with van der Waals surface area (Å²) < 4.78 is 0. The third-order valence-electron chi connectivity index (χ3n) is 4.02. The first kappa shape index (κ1) is 9.51. The van der Waals surface area contributed by atoms with E-state index in [1.54, 1.807) is 0 Å². The van der Waals surface area contributed by atoms with Gasteiger partial charge in [0.15, 0.2) is 0 Å². The highest BCUT2D eigenvalue weighted by atomic mass is 15.3. The first-order chi connectivity index (χ1) is 5.95. The number of nitrogens with zero attached hydrogens (tertiary/aromatic N) is 1. The largest absolute Gasteiger partial charge is 0.297 e. The minimum Gasteiger partial charge on any atom is -0.297 e. The van der Waals surface area contributed by atoms with E-state index in [1.165, 1.54) is 32.4 Å². The van der Waals surface area contributed by atoms with E-state index in [1.807, 2.05) is 0 Å². The van der Waals surface area contributed by atoms with E-state index in [-0.39, 0.29) is 0 Å². The molecule has 1 aliphatic heterocycles. The van der Waals surface area contributed by atoms with E-state index < -0.39 is 0 Å². The number of likely N-dealkylation sites (tertiary alicyclic amines) is 1. The van der Waals surface area contributed by atoms with Crippen molar-refractivity contribution in [1.29, 1.82) is 0 Å². The number of rotatable bonds is 1. The van der Waals surface area contributed by atoms with E-state index >= 15 is 0 Å². The molecule has 0 aromatic heterocycles. The quantitative estimate of drug-likeness (QED) is 0.601. The Morgan fingerprint density at radius 1 is 1.23 bits per heavy atom. The van der Waals surface area contributed by atoms with Gasteiger partial charge in [-0.1, -0.05) is 13.3 Å². The van der Waals surface area contributed by atoms with Gasteiger partial charge in [-0.05, 0) is 44.9 Å². The average molecular weight is 181 g/mol. The molecule has 0 aromatic carbocycles. The van der Waals surface area contributed by atoms with E-state index in [0.29, 0.717) is 5.54 Å². The van der Waals surface area contributed by atoms with Crippen LogP contribution < -0.4 is 0 Å². The molecule has 1 saturated carbocycles. The molecule has 1 nitrogen and oxygen atoms in total. The lowest BCUT2D eigenvalue weighted by Gasteiger charge is -2.63. The zero-order valence-electron chi connectivity index (χ0n) is 9.56. The van der Waals surface area contributed by atoms with E-state index in [0.717, 1.165) is 11.3 Å². The zero-order valence-corrected chi connectivity index (χ0v) is 9.56. The molecule has 1 heteroatoms. The van der Waals surface area contributed by atoms with Crippen LogP contribution >= 0.6 is 0 Å². The molecular weight excluding hydrogens is 158 g/mol. The van der Waals surface area contributed by atoms with Crippen LogP contribution in [0.15, 0.2) is 0 Å². The summed E-state index contributed by atoms with van der Waals surface area (Å²) in [6.07, 6.45) is 4.42. The maximum absolute atomic E-state index is 2.62. The summed E-state index contributed by atoms with van der Waals surface area (Å²) in [5.41, 5.74) is 1.18. The van der Waals surface area contributed by atoms with Gasteiger partial charge in [0.2, 0.25) is 0 Å². The molecular formula is C12H23N.